The van der Waals surface area contributed by atoms with E-state index in [1.807, 2.05) is 24.3 Å². The van der Waals surface area contributed by atoms with Crippen molar-refractivity contribution in [1.82, 2.24) is 0 Å². The van der Waals surface area contributed by atoms with Gasteiger partial charge in [-0.2, -0.15) is 4.89 Å². The van der Waals surface area contributed by atoms with Gasteiger partial charge in [-0.25, -0.2) is 4.79 Å². The molecule has 0 N–H and O–H groups in total. The number of carbonyl (C=O) groups excluding carboxylic acids is 1. The van der Waals surface area contributed by atoms with Crippen molar-refractivity contribution in [1.29, 1.82) is 0 Å². The summed E-state index contributed by atoms with van der Waals surface area (Å²) in [7, 11) is 1.67. The van der Waals surface area contributed by atoms with Gasteiger partial charge in [0.1, 0.15) is 28.8 Å². The van der Waals surface area contributed by atoms with Crippen molar-refractivity contribution in [2.75, 3.05) is 53.5 Å². The summed E-state index contributed by atoms with van der Waals surface area (Å²) < 4.78 is 38.9. The van der Waals surface area contributed by atoms with E-state index >= 15 is 0 Å². The van der Waals surface area contributed by atoms with Crippen LogP contribution in [-0.4, -0.2) is 59.5 Å². The Morgan fingerprint density at radius 1 is 0.646 bits per heavy atom. The molecule has 10 nitrogen and oxygen atoms in total. The van der Waals surface area contributed by atoms with Crippen LogP contribution in [0, 0.1) is 0 Å². The topological polar surface area (TPSA) is 100 Å². The highest BCUT2D eigenvalue weighted by molar-refractivity contribution is 5.91. The minimum absolute atomic E-state index is 0.0159. The fraction of sp³-hybridized carbons (Fsp3) is 0.368. The number of hydrogen-bond acceptors (Lipinski definition) is 10. The van der Waals surface area contributed by atoms with Crippen molar-refractivity contribution in [3.8, 4) is 23.0 Å². The van der Waals surface area contributed by atoms with Crippen molar-refractivity contribution in [3.63, 3.8) is 0 Å². The number of rotatable bonds is 26. The van der Waals surface area contributed by atoms with E-state index in [0.717, 1.165) is 49.8 Å². The van der Waals surface area contributed by atoms with Crippen LogP contribution in [0.15, 0.2) is 97.9 Å². The van der Waals surface area contributed by atoms with Gasteiger partial charge in [0.25, 0.3) is 0 Å². The molecule has 0 saturated heterocycles. The molecule has 0 saturated carbocycles. The molecule has 0 aliphatic carbocycles. The summed E-state index contributed by atoms with van der Waals surface area (Å²) in [6.45, 7) is 11.0. The Morgan fingerprint density at radius 3 is 1.83 bits per heavy atom. The predicted molar refractivity (Wildman–Crippen MR) is 182 cm³/mol. The van der Waals surface area contributed by atoms with Crippen LogP contribution in [-0.2, 0) is 24.0 Å². The molecule has 0 atom stereocenters. The van der Waals surface area contributed by atoms with E-state index in [9.17, 15) is 4.79 Å². The van der Waals surface area contributed by atoms with Crippen LogP contribution in [0.1, 0.15) is 54.4 Å². The minimum atomic E-state index is -0.475. The number of carbonyl (C=O) groups is 1. The Hall–Kier alpha value is -4.73. The Kier molecular flexibility index (Phi) is 18.5. The molecule has 0 fully saturated rings. The molecule has 0 aliphatic heterocycles. The molecule has 3 rings (SSSR count). The summed E-state index contributed by atoms with van der Waals surface area (Å²) in [5, 5.41) is 0. The highest BCUT2D eigenvalue weighted by atomic mass is 17.2. The van der Waals surface area contributed by atoms with Crippen molar-refractivity contribution in [3.05, 3.63) is 109 Å². The van der Waals surface area contributed by atoms with Gasteiger partial charge in [-0.05, 0) is 86.3 Å². The summed E-state index contributed by atoms with van der Waals surface area (Å²) in [4.78, 5) is 22.3. The molecule has 0 aliphatic rings. The molecule has 10 heteroatoms. The lowest BCUT2D eigenvalue weighted by Gasteiger charge is -2.11. The summed E-state index contributed by atoms with van der Waals surface area (Å²) >= 11 is 0. The first kappa shape index (κ1) is 37.7. The second-order valence-corrected chi connectivity index (χ2v) is 10.4. The van der Waals surface area contributed by atoms with Gasteiger partial charge in [0.15, 0.2) is 6.26 Å². The molecule has 258 valence electrons. The van der Waals surface area contributed by atoms with E-state index in [1.165, 1.54) is 6.26 Å². The molecule has 0 bridgehead atoms. The first-order chi connectivity index (χ1) is 23.6. The highest BCUT2D eigenvalue weighted by Gasteiger charge is 2.10. The zero-order chi connectivity index (χ0) is 34.1. The summed E-state index contributed by atoms with van der Waals surface area (Å²) in [5.41, 5.74) is 3.67. The van der Waals surface area contributed by atoms with Crippen molar-refractivity contribution < 1.29 is 47.7 Å². The number of methoxy groups -OCH3 is 1. The van der Waals surface area contributed by atoms with Gasteiger partial charge in [0.2, 0.25) is 6.79 Å². The number of benzene rings is 3. The number of unbranched alkanes of at least 4 members (excludes halogenated alkanes) is 3. The second-order valence-electron chi connectivity index (χ2n) is 10.4. The van der Waals surface area contributed by atoms with Gasteiger partial charge in [-0.1, -0.05) is 37.4 Å². The molecule has 0 aromatic heterocycles. The van der Waals surface area contributed by atoms with E-state index in [4.69, 9.17) is 42.9 Å². The average Bonchev–Trinajstić information content (AvgIpc) is 3.11. The van der Waals surface area contributed by atoms with Crippen molar-refractivity contribution in [2.45, 2.75) is 38.5 Å². The molecule has 48 heavy (non-hydrogen) atoms. The van der Waals surface area contributed by atoms with E-state index in [2.05, 4.69) is 18.9 Å². The quantitative estimate of drug-likeness (QED) is 0.0123. The number of esters is 1. The maximum Gasteiger partial charge on any atom is 0.343 e. The van der Waals surface area contributed by atoms with Crippen LogP contribution in [0.2, 0.25) is 0 Å². The summed E-state index contributed by atoms with van der Waals surface area (Å²) in [6.07, 6.45) is 6.83. The molecular weight excluding hydrogens is 616 g/mol. The third-order valence-electron chi connectivity index (χ3n) is 6.69. The van der Waals surface area contributed by atoms with Crippen LogP contribution in [0.3, 0.4) is 0 Å². The zero-order valence-corrected chi connectivity index (χ0v) is 27.7. The third kappa shape index (κ3) is 15.7. The second kappa shape index (κ2) is 23.6. The fourth-order valence-electron chi connectivity index (χ4n) is 4.13. The predicted octanol–water partition coefficient (Wildman–Crippen LogP) is 7.94. The van der Waals surface area contributed by atoms with E-state index in [0.29, 0.717) is 68.2 Å². The molecule has 3 aromatic carbocycles. The number of hydrogen-bond donors (Lipinski definition) is 0. The van der Waals surface area contributed by atoms with Gasteiger partial charge in [0.05, 0.1) is 25.4 Å². The monoisotopic (exact) mass is 662 g/mol. The highest BCUT2D eigenvalue weighted by Crippen LogP contribution is 2.22. The normalized spacial score (nSPS) is 10.4. The zero-order valence-electron chi connectivity index (χ0n) is 27.7. The Labute approximate surface area is 283 Å². The molecule has 0 unspecified atom stereocenters. The Morgan fingerprint density at radius 2 is 1.21 bits per heavy atom. The van der Waals surface area contributed by atoms with Crippen molar-refractivity contribution in [2.24, 2.45) is 0 Å². The van der Waals surface area contributed by atoms with E-state index in [-0.39, 0.29) is 6.79 Å². The molecule has 3 aromatic rings. The lowest BCUT2D eigenvalue weighted by atomic mass is 10.1. The average molecular weight is 663 g/mol. The van der Waals surface area contributed by atoms with Crippen LogP contribution < -0.4 is 18.9 Å². The van der Waals surface area contributed by atoms with Gasteiger partial charge in [-0.3, -0.25) is 0 Å². The standard InChI is InChI=1S/C38H46O10/c1-4-23-46-47-29-8-6-5-7-27-43-34-15-17-35(18-16-34)44-30-45-36-19-21-37(22-20-36)48-38(39)33-13-11-32(12-14-33)31(2)42-28-10-26-41-25-9-24-40-3/h11-23H,1-2,5-10,24-30H2,3H3. The Balaban J connectivity index is 1.28. The van der Waals surface area contributed by atoms with Crippen LogP contribution in [0.25, 0.3) is 5.76 Å². The maximum atomic E-state index is 12.7. The van der Waals surface area contributed by atoms with E-state index < -0.39 is 5.97 Å². The van der Waals surface area contributed by atoms with Gasteiger partial charge >= 0.3 is 5.97 Å². The van der Waals surface area contributed by atoms with E-state index in [1.54, 1.807) is 55.6 Å². The molecule has 0 radical (unpaired) electrons. The lowest BCUT2D eigenvalue weighted by molar-refractivity contribution is -0.248. The molecule has 0 heterocycles. The SMILES string of the molecule is C=C=COOCCCCCCOc1ccc(OCOc2ccc(OC(=O)c3ccc(C(=C)OCCCOCCCOC)cc3)cc2)cc1. The number of ether oxygens (including phenoxy) is 7. The third-order valence-corrected chi connectivity index (χ3v) is 6.69. The molecule has 0 spiro atoms. The molecule has 0 amide bonds. The Bertz CT molecular complexity index is 1360. The summed E-state index contributed by atoms with van der Waals surface area (Å²) in [5.74, 6) is 2.46. The maximum absolute atomic E-state index is 12.7. The largest absolute Gasteiger partial charge is 0.494 e. The lowest BCUT2D eigenvalue weighted by Crippen LogP contribution is -2.09. The van der Waals surface area contributed by atoms with Crippen LogP contribution in [0.5, 0.6) is 23.0 Å². The van der Waals surface area contributed by atoms with Crippen LogP contribution in [0.4, 0.5) is 0 Å². The van der Waals surface area contributed by atoms with Gasteiger partial charge in [-0.15, -0.1) is 0 Å². The van der Waals surface area contributed by atoms with Crippen LogP contribution >= 0.6 is 0 Å². The smallest absolute Gasteiger partial charge is 0.343 e. The minimum Gasteiger partial charge on any atom is -0.494 e. The summed E-state index contributed by atoms with van der Waals surface area (Å²) in [6, 6.07) is 21.0. The fourth-order valence-corrected chi connectivity index (χ4v) is 4.13. The molecular formula is C38H46O10. The van der Waals surface area contributed by atoms with Gasteiger partial charge in [0, 0.05) is 38.9 Å². The van der Waals surface area contributed by atoms with Crippen molar-refractivity contribution >= 4 is 11.7 Å². The van der Waals surface area contributed by atoms with Gasteiger partial charge < -0.3 is 38.0 Å². The first-order valence-corrected chi connectivity index (χ1v) is 16.0. The first-order valence-electron chi connectivity index (χ1n) is 16.0.